The summed E-state index contributed by atoms with van der Waals surface area (Å²) in [5, 5.41) is 4.46. The summed E-state index contributed by atoms with van der Waals surface area (Å²) < 4.78 is 55.1. The van der Waals surface area contributed by atoms with Gasteiger partial charge in [0.2, 0.25) is 5.91 Å². The van der Waals surface area contributed by atoms with Crippen molar-refractivity contribution in [1.29, 1.82) is 0 Å². The number of carbonyl (C=O) groups excluding carboxylic acids is 2. The van der Waals surface area contributed by atoms with Crippen LogP contribution in [0.25, 0.3) is 0 Å². The van der Waals surface area contributed by atoms with Crippen LogP contribution in [0.5, 0.6) is 0 Å². The predicted molar refractivity (Wildman–Crippen MR) is 83.5 cm³/mol. The highest BCUT2D eigenvalue weighted by Crippen LogP contribution is 2.23. The molecule has 1 aromatic rings. The van der Waals surface area contributed by atoms with Crippen LogP contribution in [0.2, 0.25) is 0 Å². The van der Waals surface area contributed by atoms with Crippen molar-refractivity contribution in [2.75, 3.05) is 5.32 Å². The van der Waals surface area contributed by atoms with E-state index in [0.717, 1.165) is 12.1 Å². The minimum atomic E-state index is -4.48. The van der Waals surface area contributed by atoms with Crippen LogP contribution >= 0.6 is 0 Å². The summed E-state index contributed by atoms with van der Waals surface area (Å²) in [5.41, 5.74) is -0.680. The number of ether oxygens (including phenoxy) is 1. The first-order valence-electron chi connectivity index (χ1n) is 7.48. The van der Waals surface area contributed by atoms with Gasteiger partial charge in [-0.05, 0) is 51.5 Å². The van der Waals surface area contributed by atoms with E-state index in [1.807, 2.05) is 0 Å². The first-order valence-corrected chi connectivity index (χ1v) is 7.48. The maximum Gasteiger partial charge on any atom is 0.408 e. The van der Waals surface area contributed by atoms with Gasteiger partial charge >= 0.3 is 12.3 Å². The Labute approximate surface area is 142 Å². The monoisotopic (exact) mass is 364 g/mol. The number of alkyl halides is 3. The highest BCUT2D eigenvalue weighted by molar-refractivity contribution is 5.96. The number of halogens is 4. The minimum absolute atomic E-state index is 0.189. The van der Waals surface area contributed by atoms with E-state index in [-0.39, 0.29) is 5.69 Å². The summed E-state index contributed by atoms with van der Waals surface area (Å²) in [5.74, 6) is -1.39. The number of alkyl carbamates (subject to hydrolysis) is 1. The molecule has 1 rings (SSSR count). The topological polar surface area (TPSA) is 67.4 Å². The van der Waals surface area contributed by atoms with Gasteiger partial charge in [0.1, 0.15) is 17.5 Å². The molecule has 140 valence electrons. The first kappa shape index (κ1) is 20.7. The minimum Gasteiger partial charge on any atom is -0.444 e. The smallest absolute Gasteiger partial charge is 0.408 e. The van der Waals surface area contributed by atoms with Gasteiger partial charge in [0.05, 0.1) is 0 Å². The lowest BCUT2D eigenvalue weighted by Gasteiger charge is -2.23. The molecule has 0 aliphatic heterocycles. The van der Waals surface area contributed by atoms with Crippen LogP contribution in [-0.2, 0) is 9.53 Å². The molecule has 0 heterocycles. The number of nitrogens with one attached hydrogen (secondary N) is 2. The molecule has 0 bridgehead atoms. The maximum absolute atomic E-state index is 12.9. The molecular weight excluding hydrogens is 344 g/mol. The molecule has 2 N–H and O–H groups in total. The van der Waals surface area contributed by atoms with Crippen molar-refractivity contribution in [3.63, 3.8) is 0 Å². The number of benzene rings is 1. The fraction of sp³-hybridized carbons (Fsp3) is 0.500. The molecule has 0 saturated carbocycles. The summed E-state index contributed by atoms with van der Waals surface area (Å²) in [6, 6.07) is 3.22. The standard InChI is InChI=1S/C16H20F4N2O3/c1-15(2,3)25-14(24)22-12(8-9-16(18,19)20)13(23)21-11-6-4-10(17)5-7-11/h4-7,12H,8-9H2,1-3H3,(H,21,23)(H,22,24). The summed E-state index contributed by atoms with van der Waals surface area (Å²) in [6.45, 7) is 4.74. The molecule has 2 amide bonds. The molecule has 5 nitrogen and oxygen atoms in total. The van der Waals surface area contributed by atoms with Gasteiger partial charge in [-0.2, -0.15) is 13.2 Å². The van der Waals surface area contributed by atoms with E-state index in [0.29, 0.717) is 0 Å². The Morgan fingerprint density at radius 3 is 2.16 bits per heavy atom. The van der Waals surface area contributed by atoms with Crippen LogP contribution in [0, 0.1) is 5.82 Å². The lowest BCUT2D eigenvalue weighted by atomic mass is 10.1. The van der Waals surface area contributed by atoms with E-state index < -0.39 is 48.5 Å². The van der Waals surface area contributed by atoms with E-state index in [9.17, 15) is 27.2 Å². The van der Waals surface area contributed by atoms with Crippen LogP contribution < -0.4 is 10.6 Å². The Balaban J connectivity index is 2.79. The van der Waals surface area contributed by atoms with Gasteiger partial charge < -0.3 is 15.4 Å². The van der Waals surface area contributed by atoms with Crippen molar-refractivity contribution in [2.24, 2.45) is 0 Å². The third-order valence-corrected chi connectivity index (χ3v) is 2.84. The van der Waals surface area contributed by atoms with E-state index in [2.05, 4.69) is 10.6 Å². The van der Waals surface area contributed by atoms with Crippen molar-refractivity contribution in [3.8, 4) is 0 Å². The normalized spacial score (nSPS) is 13.1. The quantitative estimate of drug-likeness (QED) is 0.776. The molecule has 1 atom stereocenters. The van der Waals surface area contributed by atoms with Crippen molar-refractivity contribution < 1.29 is 31.9 Å². The highest BCUT2D eigenvalue weighted by atomic mass is 19.4. The number of anilines is 1. The molecule has 9 heteroatoms. The Bertz CT molecular complexity index is 595. The Hall–Kier alpha value is -2.32. The van der Waals surface area contributed by atoms with Crippen LogP contribution in [0.1, 0.15) is 33.6 Å². The Kier molecular flexibility index (Phi) is 6.78. The van der Waals surface area contributed by atoms with Crippen molar-refractivity contribution in [1.82, 2.24) is 5.32 Å². The van der Waals surface area contributed by atoms with Gasteiger partial charge in [-0.1, -0.05) is 0 Å². The van der Waals surface area contributed by atoms with Crippen molar-refractivity contribution >= 4 is 17.7 Å². The molecule has 0 aromatic heterocycles. The average molecular weight is 364 g/mol. The molecule has 0 fully saturated rings. The second-order valence-corrected chi connectivity index (χ2v) is 6.35. The lowest BCUT2D eigenvalue weighted by molar-refractivity contribution is -0.138. The number of amides is 2. The summed E-state index contributed by atoms with van der Waals surface area (Å²) in [6.07, 6.45) is -7.40. The van der Waals surface area contributed by atoms with Crippen molar-refractivity contribution in [2.45, 2.75) is 51.4 Å². The molecule has 0 aliphatic rings. The SMILES string of the molecule is CC(C)(C)OC(=O)NC(CCC(F)(F)F)C(=O)Nc1ccc(F)cc1. The van der Waals surface area contributed by atoms with Crippen LogP contribution in [0.4, 0.5) is 28.0 Å². The molecule has 0 spiro atoms. The molecule has 0 aliphatic carbocycles. The largest absolute Gasteiger partial charge is 0.444 e. The zero-order chi connectivity index (χ0) is 19.3. The van der Waals surface area contributed by atoms with Gasteiger partial charge in [0, 0.05) is 12.1 Å². The summed E-state index contributed by atoms with van der Waals surface area (Å²) in [4.78, 5) is 23.9. The van der Waals surface area contributed by atoms with Gasteiger partial charge in [-0.15, -0.1) is 0 Å². The molecule has 0 radical (unpaired) electrons. The lowest BCUT2D eigenvalue weighted by Crippen LogP contribution is -2.46. The third-order valence-electron chi connectivity index (χ3n) is 2.84. The number of hydrogen-bond donors (Lipinski definition) is 2. The zero-order valence-electron chi connectivity index (χ0n) is 14.0. The fourth-order valence-corrected chi connectivity index (χ4v) is 1.79. The molecular formula is C16H20F4N2O3. The van der Waals surface area contributed by atoms with Gasteiger partial charge in [-0.3, -0.25) is 4.79 Å². The second kappa shape index (κ2) is 8.17. The number of carbonyl (C=O) groups is 2. The van der Waals surface area contributed by atoms with Crippen LogP contribution in [0.15, 0.2) is 24.3 Å². The number of rotatable bonds is 5. The molecule has 1 unspecified atom stereocenters. The Morgan fingerprint density at radius 2 is 1.68 bits per heavy atom. The fourth-order valence-electron chi connectivity index (χ4n) is 1.79. The summed E-state index contributed by atoms with van der Waals surface area (Å²) in [7, 11) is 0. The Morgan fingerprint density at radius 1 is 1.12 bits per heavy atom. The van der Waals surface area contributed by atoms with E-state index in [4.69, 9.17) is 4.74 Å². The zero-order valence-corrected chi connectivity index (χ0v) is 14.0. The summed E-state index contributed by atoms with van der Waals surface area (Å²) >= 11 is 0. The van der Waals surface area contributed by atoms with E-state index in [1.165, 1.54) is 12.1 Å². The van der Waals surface area contributed by atoms with Gasteiger partial charge in [0.15, 0.2) is 0 Å². The molecule has 25 heavy (non-hydrogen) atoms. The second-order valence-electron chi connectivity index (χ2n) is 6.35. The number of hydrogen-bond acceptors (Lipinski definition) is 3. The van der Waals surface area contributed by atoms with E-state index in [1.54, 1.807) is 20.8 Å². The van der Waals surface area contributed by atoms with Gasteiger partial charge in [-0.25, -0.2) is 9.18 Å². The molecule has 1 aromatic carbocycles. The van der Waals surface area contributed by atoms with E-state index >= 15 is 0 Å². The molecule has 0 saturated heterocycles. The first-order chi connectivity index (χ1) is 11.4. The highest BCUT2D eigenvalue weighted by Gasteiger charge is 2.32. The van der Waals surface area contributed by atoms with Crippen molar-refractivity contribution in [3.05, 3.63) is 30.1 Å². The van der Waals surface area contributed by atoms with Crippen LogP contribution in [0.3, 0.4) is 0 Å². The third kappa shape index (κ3) is 8.92. The van der Waals surface area contributed by atoms with Gasteiger partial charge in [0.25, 0.3) is 0 Å². The average Bonchev–Trinajstić information content (AvgIpc) is 2.43. The van der Waals surface area contributed by atoms with Crippen LogP contribution in [-0.4, -0.2) is 29.8 Å². The predicted octanol–water partition coefficient (Wildman–Crippen LogP) is 4.00. The maximum atomic E-state index is 12.9.